The van der Waals surface area contributed by atoms with E-state index in [-0.39, 0.29) is 12.5 Å². The molecule has 1 N–H and O–H groups in total. The second kappa shape index (κ2) is 8.07. The van der Waals surface area contributed by atoms with E-state index in [0.717, 1.165) is 36.0 Å². The van der Waals surface area contributed by atoms with Gasteiger partial charge in [-0.3, -0.25) is 4.79 Å². The molecule has 1 aliphatic rings. The summed E-state index contributed by atoms with van der Waals surface area (Å²) in [7, 11) is 0. The lowest BCUT2D eigenvalue weighted by molar-refractivity contribution is -0.121. The van der Waals surface area contributed by atoms with Crippen LogP contribution in [0.15, 0.2) is 30.3 Å². The number of nitrogens with one attached hydrogen (secondary N) is 1. The smallest absolute Gasteiger partial charge is 0.250 e. The predicted molar refractivity (Wildman–Crippen MR) is 97.7 cm³/mol. The first-order valence-corrected chi connectivity index (χ1v) is 8.65. The summed E-state index contributed by atoms with van der Waals surface area (Å²) in [6.45, 7) is 6.21. The fourth-order valence-corrected chi connectivity index (χ4v) is 2.95. The van der Waals surface area contributed by atoms with Crippen LogP contribution in [0.5, 0.6) is 0 Å². The van der Waals surface area contributed by atoms with Crippen molar-refractivity contribution in [1.82, 2.24) is 9.97 Å². The highest BCUT2D eigenvalue weighted by Gasteiger charge is 2.18. The number of anilines is 2. The molecule has 6 heteroatoms. The Morgan fingerprint density at radius 1 is 1.12 bits per heavy atom. The number of carbonyl (C=O) groups excluding carboxylic acids is 1. The summed E-state index contributed by atoms with van der Waals surface area (Å²) in [5, 5.41) is 2.88. The molecular formula is C19H24N4O2. The highest BCUT2D eigenvalue weighted by molar-refractivity contribution is 5.92. The molecule has 0 aliphatic carbocycles. The number of aryl methyl sites for hydroxylation is 2. The zero-order valence-electron chi connectivity index (χ0n) is 14.8. The standard InChI is InChI=1S/C19H24N4O2/c1-14-18(15(2)21-19(20-14)23-10-6-7-11-23)22-17(24)13-25-12-16-8-4-3-5-9-16/h3-5,8-9H,6-7,10-13H2,1-2H3,(H,22,24). The third kappa shape index (κ3) is 4.54. The Morgan fingerprint density at radius 3 is 2.40 bits per heavy atom. The van der Waals surface area contributed by atoms with Gasteiger partial charge >= 0.3 is 0 Å². The van der Waals surface area contributed by atoms with Crippen LogP contribution in [0.25, 0.3) is 0 Å². The van der Waals surface area contributed by atoms with Crippen molar-refractivity contribution in [2.45, 2.75) is 33.3 Å². The van der Waals surface area contributed by atoms with E-state index in [9.17, 15) is 4.79 Å². The number of benzene rings is 1. The van der Waals surface area contributed by atoms with E-state index < -0.39 is 0 Å². The van der Waals surface area contributed by atoms with E-state index in [1.165, 1.54) is 12.8 Å². The summed E-state index contributed by atoms with van der Waals surface area (Å²) in [5.41, 5.74) is 3.29. The molecule has 3 rings (SSSR count). The Bertz CT molecular complexity index is 704. The van der Waals surface area contributed by atoms with Crippen LogP contribution < -0.4 is 10.2 Å². The molecule has 1 aromatic heterocycles. The lowest BCUT2D eigenvalue weighted by Gasteiger charge is -2.18. The highest BCUT2D eigenvalue weighted by Crippen LogP contribution is 2.22. The average Bonchev–Trinajstić information content (AvgIpc) is 3.13. The van der Waals surface area contributed by atoms with Crippen LogP contribution in [0.4, 0.5) is 11.6 Å². The number of ether oxygens (including phenoxy) is 1. The van der Waals surface area contributed by atoms with Gasteiger partial charge in [-0.05, 0) is 32.3 Å². The zero-order chi connectivity index (χ0) is 17.6. The van der Waals surface area contributed by atoms with E-state index in [2.05, 4.69) is 20.2 Å². The predicted octanol–water partition coefficient (Wildman–Crippen LogP) is 2.85. The van der Waals surface area contributed by atoms with Crippen LogP contribution in [-0.4, -0.2) is 35.6 Å². The van der Waals surface area contributed by atoms with E-state index >= 15 is 0 Å². The van der Waals surface area contributed by atoms with Crippen molar-refractivity contribution >= 4 is 17.5 Å². The number of nitrogens with zero attached hydrogens (tertiary/aromatic N) is 3. The maximum Gasteiger partial charge on any atom is 0.250 e. The molecule has 1 aliphatic heterocycles. The molecule has 2 heterocycles. The first-order valence-electron chi connectivity index (χ1n) is 8.65. The minimum Gasteiger partial charge on any atom is -0.367 e. The molecule has 0 radical (unpaired) electrons. The number of hydrogen-bond donors (Lipinski definition) is 1. The van der Waals surface area contributed by atoms with E-state index in [0.29, 0.717) is 12.3 Å². The minimum atomic E-state index is -0.195. The van der Waals surface area contributed by atoms with Gasteiger partial charge in [-0.15, -0.1) is 0 Å². The Balaban J connectivity index is 1.57. The number of amides is 1. The van der Waals surface area contributed by atoms with Crippen molar-refractivity contribution in [1.29, 1.82) is 0 Å². The quantitative estimate of drug-likeness (QED) is 0.876. The Labute approximate surface area is 148 Å². The molecular weight excluding hydrogens is 316 g/mol. The van der Waals surface area contributed by atoms with Crippen LogP contribution in [0.3, 0.4) is 0 Å². The number of rotatable bonds is 6. The molecule has 0 unspecified atom stereocenters. The van der Waals surface area contributed by atoms with Crippen LogP contribution in [-0.2, 0) is 16.1 Å². The molecule has 6 nitrogen and oxygen atoms in total. The third-order valence-corrected chi connectivity index (χ3v) is 4.26. The van der Waals surface area contributed by atoms with Gasteiger partial charge in [0.25, 0.3) is 0 Å². The van der Waals surface area contributed by atoms with Crippen molar-refractivity contribution in [3.05, 3.63) is 47.3 Å². The van der Waals surface area contributed by atoms with Crippen LogP contribution >= 0.6 is 0 Å². The van der Waals surface area contributed by atoms with Crippen LogP contribution in [0, 0.1) is 13.8 Å². The average molecular weight is 340 g/mol. The topological polar surface area (TPSA) is 67.4 Å². The normalized spacial score (nSPS) is 13.9. The Morgan fingerprint density at radius 2 is 1.76 bits per heavy atom. The van der Waals surface area contributed by atoms with Gasteiger partial charge in [-0.2, -0.15) is 0 Å². The van der Waals surface area contributed by atoms with Gasteiger partial charge in [0.05, 0.1) is 23.7 Å². The molecule has 1 aromatic carbocycles. The molecule has 0 bridgehead atoms. The maximum atomic E-state index is 12.1. The highest BCUT2D eigenvalue weighted by atomic mass is 16.5. The van der Waals surface area contributed by atoms with Crippen molar-refractivity contribution in [2.75, 3.05) is 29.9 Å². The van der Waals surface area contributed by atoms with Crippen molar-refractivity contribution < 1.29 is 9.53 Å². The van der Waals surface area contributed by atoms with Crippen LogP contribution in [0.2, 0.25) is 0 Å². The lowest BCUT2D eigenvalue weighted by atomic mass is 10.2. The summed E-state index contributed by atoms with van der Waals surface area (Å²) in [6.07, 6.45) is 2.36. The van der Waals surface area contributed by atoms with Crippen molar-refractivity contribution in [2.24, 2.45) is 0 Å². The first-order chi connectivity index (χ1) is 12.1. The van der Waals surface area contributed by atoms with Gasteiger partial charge < -0.3 is 15.0 Å². The van der Waals surface area contributed by atoms with Gasteiger partial charge in [0.15, 0.2) is 0 Å². The van der Waals surface area contributed by atoms with Gasteiger partial charge in [-0.25, -0.2) is 9.97 Å². The van der Waals surface area contributed by atoms with Gasteiger partial charge in [0, 0.05) is 13.1 Å². The van der Waals surface area contributed by atoms with Crippen molar-refractivity contribution in [3.8, 4) is 0 Å². The molecule has 1 fully saturated rings. The molecule has 2 aromatic rings. The minimum absolute atomic E-state index is 0.00164. The monoisotopic (exact) mass is 340 g/mol. The van der Waals surface area contributed by atoms with E-state index in [1.54, 1.807) is 0 Å². The molecule has 0 atom stereocenters. The van der Waals surface area contributed by atoms with Gasteiger partial charge in [-0.1, -0.05) is 30.3 Å². The second-order valence-electron chi connectivity index (χ2n) is 6.29. The van der Waals surface area contributed by atoms with Gasteiger partial charge in [0.1, 0.15) is 6.61 Å². The lowest BCUT2D eigenvalue weighted by Crippen LogP contribution is -2.23. The molecule has 1 saturated heterocycles. The largest absolute Gasteiger partial charge is 0.367 e. The fraction of sp³-hybridized carbons (Fsp3) is 0.421. The molecule has 25 heavy (non-hydrogen) atoms. The summed E-state index contributed by atoms with van der Waals surface area (Å²) in [4.78, 5) is 23.4. The van der Waals surface area contributed by atoms with Crippen LogP contribution in [0.1, 0.15) is 29.8 Å². The number of carbonyl (C=O) groups is 1. The van der Waals surface area contributed by atoms with Crippen molar-refractivity contribution in [3.63, 3.8) is 0 Å². The maximum absolute atomic E-state index is 12.1. The molecule has 0 spiro atoms. The number of aromatic nitrogens is 2. The summed E-state index contributed by atoms with van der Waals surface area (Å²) in [5.74, 6) is 0.561. The molecule has 0 saturated carbocycles. The molecule has 132 valence electrons. The summed E-state index contributed by atoms with van der Waals surface area (Å²) in [6, 6.07) is 9.79. The van der Waals surface area contributed by atoms with E-state index in [4.69, 9.17) is 4.74 Å². The second-order valence-corrected chi connectivity index (χ2v) is 6.29. The van der Waals surface area contributed by atoms with Gasteiger partial charge in [0.2, 0.25) is 11.9 Å². The van der Waals surface area contributed by atoms with E-state index in [1.807, 2.05) is 44.2 Å². The fourth-order valence-electron chi connectivity index (χ4n) is 2.95. The summed E-state index contributed by atoms with van der Waals surface area (Å²) >= 11 is 0. The molecule has 1 amide bonds. The SMILES string of the molecule is Cc1nc(N2CCCC2)nc(C)c1NC(=O)COCc1ccccc1. The summed E-state index contributed by atoms with van der Waals surface area (Å²) < 4.78 is 5.48. The third-order valence-electron chi connectivity index (χ3n) is 4.26. The zero-order valence-corrected chi connectivity index (χ0v) is 14.8. The Kier molecular flexibility index (Phi) is 5.60. The first kappa shape index (κ1) is 17.4. The Hall–Kier alpha value is -2.47. The number of hydrogen-bond acceptors (Lipinski definition) is 5.